The Morgan fingerprint density at radius 1 is 0.971 bits per heavy atom. The SMILES string of the molecule is CCOC(=O)CCc1ccc(Oc2ccc(C=Cc3ccc(C(F)(F)F)cc3)cn2)c(OC)c1. The zero-order valence-electron chi connectivity index (χ0n) is 18.8. The largest absolute Gasteiger partial charge is 0.493 e. The van der Waals surface area contributed by atoms with Crippen molar-refractivity contribution in [2.24, 2.45) is 0 Å². The number of rotatable bonds is 9. The van der Waals surface area contributed by atoms with Gasteiger partial charge in [-0.15, -0.1) is 0 Å². The molecule has 0 spiro atoms. The van der Waals surface area contributed by atoms with E-state index in [-0.39, 0.29) is 12.4 Å². The summed E-state index contributed by atoms with van der Waals surface area (Å²) in [5, 5.41) is 0. The molecule has 0 aliphatic rings. The first-order valence-corrected chi connectivity index (χ1v) is 10.6. The lowest BCUT2D eigenvalue weighted by Crippen LogP contribution is -2.05. The number of nitrogens with zero attached hydrogens (tertiary/aromatic N) is 1. The third-order valence-electron chi connectivity index (χ3n) is 4.83. The fraction of sp³-hybridized carbons (Fsp3) is 0.231. The molecule has 5 nitrogen and oxygen atoms in total. The lowest BCUT2D eigenvalue weighted by atomic mass is 10.1. The van der Waals surface area contributed by atoms with Crippen LogP contribution in [0.5, 0.6) is 17.4 Å². The zero-order valence-corrected chi connectivity index (χ0v) is 18.8. The fourth-order valence-electron chi connectivity index (χ4n) is 3.07. The summed E-state index contributed by atoms with van der Waals surface area (Å²) in [6, 6.07) is 13.8. The van der Waals surface area contributed by atoms with Gasteiger partial charge in [-0.25, -0.2) is 4.98 Å². The van der Waals surface area contributed by atoms with Gasteiger partial charge in [0.1, 0.15) is 0 Å². The molecule has 2 aromatic carbocycles. The highest BCUT2D eigenvalue weighted by atomic mass is 19.4. The molecule has 0 radical (unpaired) electrons. The van der Waals surface area contributed by atoms with Gasteiger partial charge in [0.15, 0.2) is 11.5 Å². The number of aromatic nitrogens is 1. The van der Waals surface area contributed by atoms with E-state index in [1.807, 2.05) is 6.07 Å². The minimum absolute atomic E-state index is 0.251. The van der Waals surface area contributed by atoms with Crippen LogP contribution in [0, 0.1) is 0 Å². The van der Waals surface area contributed by atoms with Crippen LogP contribution in [0.2, 0.25) is 0 Å². The second kappa shape index (κ2) is 11.4. The second-order valence-corrected chi connectivity index (χ2v) is 7.28. The van der Waals surface area contributed by atoms with Crippen LogP contribution in [-0.2, 0) is 22.1 Å². The summed E-state index contributed by atoms with van der Waals surface area (Å²) in [4.78, 5) is 15.8. The maximum absolute atomic E-state index is 12.7. The molecule has 0 fully saturated rings. The van der Waals surface area contributed by atoms with E-state index in [0.29, 0.717) is 36.0 Å². The average molecular weight is 471 g/mol. The van der Waals surface area contributed by atoms with Crippen LogP contribution in [-0.4, -0.2) is 24.7 Å². The first-order chi connectivity index (χ1) is 16.3. The minimum atomic E-state index is -4.35. The van der Waals surface area contributed by atoms with E-state index in [4.69, 9.17) is 14.2 Å². The molecule has 3 rings (SSSR count). The van der Waals surface area contributed by atoms with Gasteiger partial charge in [0.25, 0.3) is 0 Å². The smallest absolute Gasteiger partial charge is 0.416 e. The normalized spacial score (nSPS) is 11.4. The molecule has 0 aliphatic heterocycles. The van der Waals surface area contributed by atoms with Crippen molar-refractivity contribution in [1.82, 2.24) is 4.98 Å². The maximum Gasteiger partial charge on any atom is 0.416 e. The molecule has 0 saturated carbocycles. The Hall–Kier alpha value is -3.81. The van der Waals surface area contributed by atoms with E-state index >= 15 is 0 Å². The van der Waals surface area contributed by atoms with Crippen LogP contribution >= 0.6 is 0 Å². The number of ether oxygens (including phenoxy) is 3. The molecule has 8 heteroatoms. The Balaban J connectivity index is 1.62. The van der Waals surface area contributed by atoms with E-state index in [1.54, 1.807) is 49.5 Å². The number of esters is 1. The Kier molecular flexibility index (Phi) is 8.29. The Morgan fingerprint density at radius 3 is 2.29 bits per heavy atom. The molecule has 0 aliphatic carbocycles. The van der Waals surface area contributed by atoms with E-state index < -0.39 is 11.7 Å². The van der Waals surface area contributed by atoms with Crippen LogP contribution in [0.25, 0.3) is 12.2 Å². The molecule has 0 atom stereocenters. The fourth-order valence-corrected chi connectivity index (χ4v) is 3.07. The molecule has 1 aromatic heterocycles. The zero-order chi connectivity index (χ0) is 24.6. The lowest BCUT2D eigenvalue weighted by Gasteiger charge is -2.11. The van der Waals surface area contributed by atoms with E-state index in [1.165, 1.54) is 19.2 Å². The monoisotopic (exact) mass is 471 g/mol. The summed E-state index contributed by atoms with van der Waals surface area (Å²) in [7, 11) is 1.53. The number of hydrogen-bond acceptors (Lipinski definition) is 5. The number of hydrogen-bond donors (Lipinski definition) is 0. The van der Waals surface area contributed by atoms with Crippen LogP contribution in [0.1, 0.15) is 35.6 Å². The molecular formula is C26H24F3NO4. The van der Waals surface area contributed by atoms with Crippen LogP contribution in [0.4, 0.5) is 13.2 Å². The minimum Gasteiger partial charge on any atom is -0.493 e. The van der Waals surface area contributed by atoms with Crippen molar-refractivity contribution in [1.29, 1.82) is 0 Å². The number of aryl methyl sites for hydroxylation is 1. The number of methoxy groups -OCH3 is 1. The summed E-state index contributed by atoms with van der Waals surface area (Å²) >= 11 is 0. The standard InChI is InChI=1S/C26H24F3NO4/c1-3-33-25(31)15-10-19-8-13-22(23(16-19)32-2)34-24-14-9-20(17-30-24)5-4-18-6-11-21(12-7-18)26(27,28)29/h4-9,11-14,16-17H,3,10,15H2,1-2H3. The summed E-state index contributed by atoms with van der Waals surface area (Å²) in [5.74, 6) is 1.08. The number of carbonyl (C=O) groups is 1. The van der Waals surface area contributed by atoms with E-state index in [0.717, 1.165) is 23.3 Å². The Morgan fingerprint density at radius 2 is 1.68 bits per heavy atom. The number of benzene rings is 2. The Bertz CT molecular complexity index is 1120. The van der Waals surface area contributed by atoms with Gasteiger partial charge in [-0.3, -0.25) is 4.79 Å². The summed E-state index contributed by atoms with van der Waals surface area (Å²) in [5.41, 5.74) is 1.62. The molecule has 178 valence electrons. The van der Waals surface area contributed by atoms with Gasteiger partial charge in [-0.1, -0.05) is 30.4 Å². The van der Waals surface area contributed by atoms with Gasteiger partial charge in [0, 0.05) is 18.7 Å². The van der Waals surface area contributed by atoms with Crippen LogP contribution < -0.4 is 9.47 Å². The molecule has 0 unspecified atom stereocenters. The van der Waals surface area contributed by atoms with Gasteiger partial charge in [-0.05, 0) is 60.4 Å². The van der Waals surface area contributed by atoms with Crippen LogP contribution in [0.3, 0.4) is 0 Å². The van der Waals surface area contributed by atoms with Crippen molar-refractivity contribution < 1.29 is 32.2 Å². The predicted octanol–water partition coefficient (Wildman–Crippen LogP) is 6.57. The van der Waals surface area contributed by atoms with Crippen LogP contribution in [0.15, 0.2) is 60.8 Å². The van der Waals surface area contributed by atoms with Crippen molar-refractivity contribution in [2.75, 3.05) is 13.7 Å². The first-order valence-electron chi connectivity index (χ1n) is 10.6. The number of alkyl halides is 3. The molecule has 34 heavy (non-hydrogen) atoms. The number of pyridine rings is 1. The lowest BCUT2D eigenvalue weighted by molar-refractivity contribution is -0.143. The van der Waals surface area contributed by atoms with Crippen molar-refractivity contribution >= 4 is 18.1 Å². The highest BCUT2D eigenvalue weighted by Crippen LogP contribution is 2.32. The molecular weight excluding hydrogens is 447 g/mol. The first kappa shape index (κ1) is 24.8. The Labute approximate surface area is 195 Å². The van der Waals surface area contributed by atoms with Gasteiger partial charge in [0.05, 0.1) is 19.3 Å². The predicted molar refractivity (Wildman–Crippen MR) is 123 cm³/mol. The molecule has 0 saturated heterocycles. The molecule has 0 N–H and O–H groups in total. The van der Waals surface area contributed by atoms with E-state index in [9.17, 15) is 18.0 Å². The van der Waals surface area contributed by atoms with Crippen molar-refractivity contribution in [3.63, 3.8) is 0 Å². The van der Waals surface area contributed by atoms with Crippen molar-refractivity contribution in [2.45, 2.75) is 25.9 Å². The number of carbonyl (C=O) groups excluding carboxylic acids is 1. The summed E-state index contributed by atoms with van der Waals surface area (Å²) in [6.45, 7) is 2.12. The van der Waals surface area contributed by atoms with Gasteiger partial charge in [-0.2, -0.15) is 13.2 Å². The second-order valence-electron chi connectivity index (χ2n) is 7.28. The summed E-state index contributed by atoms with van der Waals surface area (Å²) in [6.07, 6.45) is 1.49. The molecule has 0 bridgehead atoms. The maximum atomic E-state index is 12.7. The molecule has 3 aromatic rings. The third kappa shape index (κ3) is 7.10. The highest BCUT2D eigenvalue weighted by molar-refractivity contribution is 5.70. The third-order valence-corrected chi connectivity index (χ3v) is 4.83. The average Bonchev–Trinajstić information content (AvgIpc) is 2.83. The van der Waals surface area contributed by atoms with Crippen molar-refractivity contribution in [3.8, 4) is 17.4 Å². The topological polar surface area (TPSA) is 57.7 Å². The molecule has 1 heterocycles. The highest BCUT2D eigenvalue weighted by Gasteiger charge is 2.29. The molecule has 0 amide bonds. The van der Waals surface area contributed by atoms with Gasteiger partial charge < -0.3 is 14.2 Å². The van der Waals surface area contributed by atoms with Crippen molar-refractivity contribution in [3.05, 3.63) is 83.0 Å². The van der Waals surface area contributed by atoms with Gasteiger partial charge >= 0.3 is 12.1 Å². The van der Waals surface area contributed by atoms with E-state index in [2.05, 4.69) is 4.98 Å². The number of halogens is 3. The van der Waals surface area contributed by atoms with Gasteiger partial charge in [0.2, 0.25) is 5.88 Å². The summed E-state index contributed by atoms with van der Waals surface area (Å²) < 4.78 is 54.1. The quantitative estimate of drug-likeness (QED) is 0.331.